The Morgan fingerprint density at radius 1 is 1.18 bits per heavy atom. The maximum Gasteiger partial charge on any atom is 0.324 e. The first kappa shape index (κ1) is 12.3. The van der Waals surface area contributed by atoms with E-state index >= 15 is 0 Å². The van der Waals surface area contributed by atoms with E-state index in [2.05, 4.69) is 20.3 Å². The minimum Gasteiger partial charge on any atom is -0.378 e. The fraction of sp³-hybridized carbons (Fsp3) is 0.500. The highest BCUT2D eigenvalue weighted by Crippen LogP contribution is 2.10. The Morgan fingerprint density at radius 2 is 1.76 bits per heavy atom. The van der Waals surface area contributed by atoms with E-state index in [0.29, 0.717) is 26.3 Å². The molecule has 17 heavy (non-hydrogen) atoms. The summed E-state index contributed by atoms with van der Waals surface area (Å²) in [6, 6.07) is -0.313. The van der Waals surface area contributed by atoms with Crippen molar-refractivity contribution >= 4 is 35.2 Å². The molecule has 1 N–H and O–H groups in total. The number of ether oxygens (including phenoxy) is 1. The third kappa shape index (κ3) is 3.39. The van der Waals surface area contributed by atoms with E-state index < -0.39 is 0 Å². The lowest BCUT2D eigenvalue weighted by Gasteiger charge is -2.26. The van der Waals surface area contributed by atoms with Gasteiger partial charge in [-0.3, -0.25) is 5.32 Å². The minimum atomic E-state index is -0.313. The van der Waals surface area contributed by atoms with E-state index in [1.807, 2.05) is 0 Å². The molecular weight excluding hydrogens is 269 g/mol. The van der Waals surface area contributed by atoms with Crippen molar-refractivity contribution in [3.8, 4) is 0 Å². The van der Waals surface area contributed by atoms with Crippen LogP contribution in [0.25, 0.3) is 0 Å². The summed E-state index contributed by atoms with van der Waals surface area (Å²) in [4.78, 5) is 24.4. The average Bonchev–Trinajstić information content (AvgIpc) is 2.28. The molecule has 1 saturated heterocycles. The zero-order valence-electron chi connectivity index (χ0n) is 8.69. The van der Waals surface area contributed by atoms with Crippen molar-refractivity contribution in [2.24, 2.45) is 0 Å². The lowest BCUT2D eigenvalue weighted by molar-refractivity contribution is 0.0564. The molecule has 7 nitrogen and oxygen atoms in total. The van der Waals surface area contributed by atoms with Crippen LogP contribution < -0.4 is 5.32 Å². The smallest absolute Gasteiger partial charge is 0.324 e. The van der Waals surface area contributed by atoms with Crippen molar-refractivity contribution in [2.75, 3.05) is 31.6 Å². The molecule has 0 spiro atoms. The number of anilines is 1. The summed E-state index contributed by atoms with van der Waals surface area (Å²) < 4.78 is 5.13. The van der Waals surface area contributed by atoms with E-state index in [-0.39, 0.29) is 22.5 Å². The number of carbonyl (C=O) groups excluding carboxylic acids is 1. The Morgan fingerprint density at radius 3 is 2.35 bits per heavy atom. The standard InChI is InChI=1S/C8H9Cl2N5O2/c9-5-11-6(10)13-7(12-5)14-8(16)15-1-3-17-4-2-15/h1-4H2,(H,11,12,13,14,16). The van der Waals surface area contributed by atoms with Gasteiger partial charge in [0.1, 0.15) is 0 Å². The van der Waals surface area contributed by atoms with Crippen LogP contribution in [0.15, 0.2) is 0 Å². The van der Waals surface area contributed by atoms with Crippen molar-refractivity contribution in [2.45, 2.75) is 0 Å². The molecule has 2 rings (SSSR count). The SMILES string of the molecule is O=C(Nc1nc(Cl)nc(Cl)n1)N1CCOCC1. The molecule has 0 aliphatic carbocycles. The second-order valence-electron chi connectivity index (χ2n) is 3.23. The number of hydrogen-bond donors (Lipinski definition) is 1. The molecule has 1 aliphatic rings. The summed E-state index contributed by atoms with van der Waals surface area (Å²) in [6.07, 6.45) is 0. The van der Waals surface area contributed by atoms with Gasteiger partial charge >= 0.3 is 6.03 Å². The van der Waals surface area contributed by atoms with Crippen molar-refractivity contribution in [1.29, 1.82) is 0 Å². The monoisotopic (exact) mass is 277 g/mol. The molecular formula is C8H9Cl2N5O2. The highest BCUT2D eigenvalue weighted by atomic mass is 35.5. The van der Waals surface area contributed by atoms with Crippen molar-refractivity contribution < 1.29 is 9.53 Å². The number of halogens is 2. The average molecular weight is 278 g/mol. The first-order chi connectivity index (χ1) is 8.15. The van der Waals surface area contributed by atoms with E-state index in [4.69, 9.17) is 27.9 Å². The van der Waals surface area contributed by atoms with Gasteiger partial charge in [0.15, 0.2) is 0 Å². The topological polar surface area (TPSA) is 80.2 Å². The maximum atomic E-state index is 11.8. The molecule has 0 bridgehead atoms. The van der Waals surface area contributed by atoms with Crippen molar-refractivity contribution in [3.05, 3.63) is 10.6 Å². The highest BCUT2D eigenvalue weighted by Gasteiger charge is 2.18. The van der Waals surface area contributed by atoms with E-state index in [1.54, 1.807) is 4.90 Å². The zero-order chi connectivity index (χ0) is 12.3. The minimum absolute atomic E-state index is 0.0338. The zero-order valence-corrected chi connectivity index (χ0v) is 10.2. The number of aromatic nitrogens is 3. The molecule has 2 amide bonds. The van der Waals surface area contributed by atoms with E-state index in [1.165, 1.54) is 0 Å². The van der Waals surface area contributed by atoms with Crippen LogP contribution in [0.5, 0.6) is 0 Å². The summed E-state index contributed by atoms with van der Waals surface area (Å²) in [5.41, 5.74) is 0. The Hall–Kier alpha value is -1.18. The molecule has 1 aromatic heterocycles. The molecule has 1 fully saturated rings. The fourth-order valence-corrected chi connectivity index (χ4v) is 1.69. The van der Waals surface area contributed by atoms with Gasteiger partial charge in [-0.15, -0.1) is 0 Å². The van der Waals surface area contributed by atoms with Crippen LogP contribution in [0, 0.1) is 0 Å². The Balaban J connectivity index is 2.01. The van der Waals surface area contributed by atoms with E-state index in [0.717, 1.165) is 0 Å². The number of carbonyl (C=O) groups is 1. The van der Waals surface area contributed by atoms with Crippen LogP contribution in [0.4, 0.5) is 10.7 Å². The first-order valence-corrected chi connectivity index (χ1v) is 5.61. The van der Waals surface area contributed by atoms with Gasteiger partial charge in [-0.25, -0.2) is 4.79 Å². The van der Waals surface area contributed by atoms with Gasteiger partial charge in [-0.2, -0.15) is 15.0 Å². The molecule has 9 heteroatoms. The van der Waals surface area contributed by atoms with Crippen LogP contribution in [0.2, 0.25) is 10.6 Å². The molecule has 0 radical (unpaired) electrons. The van der Waals surface area contributed by atoms with Gasteiger partial charge in [-0.1, -0.05) is 0 Å². The number of nitrogens with one attached hydrogen (secondary N) is 1. The molecule has 0 aromatic carbocycles. The summed E-state index contributed by atoms with van der Waals surface area (Å²) >= 11 is 11.2. The van der Waals surface area contributed by atoms with Crippen LogP contribution in [0.1, 0.15) is 0 Å². The molecule has 0 atom stereocenters. The van der Waals surface area contributed by atoms with Crippen LogP contribution in [0.3, 0.4) is 0 Å². The lowest BCUT2D eigenvalue weighted by Crippen LogP contribution is -2.43. The largest absolute Gasteiger partial charge is 0.378 e. The predicted molar refractivity (Wildman–Crippen MR) is 61.3 cm³/mol. The summed E-state index contributed by atoms with van der Waals surface area (Å²) in [5, 5.41) is 2.36. The Bertz CT molecular complexity index is 404. The highest BCUT2D eigenvalue weighted by molar-refractivity contribution is 6.31. The van der Waals surface area contributed by atoms with Gasteiger partial charge in [0.25, 0.3) is 0 Å². The molecule has 2 heterocycles. The Labute approximate surface area is 107 Å². The molecule has 92 valence electrons. The normalized spacial score (nSPS) is 15.8. The summed E-state index contributed by atoms with van der Waals surface area (Å²) in [7, 11) is 0. The van der Waals surface area contributed by atoms with Crippen LogP contribution in [-0.2, 0) is 4.74 Å². The summed E-state index contributed by atoms with van der Waals surface area (Å²) in [5.74, 6) is 0.0338. The Kier molecular flexibility index (Phi) is 3.93. The number of amides is 2. The maximum absolute atomic E-state index is 11.8. The molecule has 1 aliphatic heterocycles. The fourth-order valence-electron chi connectivity index (χ4n) is 1.32. The second-order valence-corrected chi connectivity index (χ2v) is 3.90. The van der Waals surface area contributed by atoms with E-state index in [9.17, 15) is 4.79 Å². The first-order valence-electron chi connectivity index (χ1n) is 4.86. The van der Waals surface area contributed by atoms with Crippen molar-refractivity contribution in [1.82, 2.24) is 19.9 Å². The van der Waals surface area contributed by atoms with Crippen molar-refractivity contribution in [3.63, 3.8) is 0 Å². The molecule has 0 unspecified atom stereocenters. The van der Waals surface area contributed by atoms with Gasteiger partial charge in [0, 0.05) is 13.1 Å². The summed E-state index contributed by atoms with van der Waals surface area (Å²) in [6.45, 7) is 2.09. The molecule has 1 aromatic rings. The number of rotatable bonds is 1. The van der Waals surface area contributed by atoms with Gasteiger partial charge in [0.05, 0.1) is 13.2 Å². The van der Waals surface area contributed by atoms with Crippen LogP contribution >= 0.6 is 23.2 Å². The third-order valence-corrected chi connectivity index (χ3v) is 2.44. The number of morpholine rings is 1. The quantitative estimate of drug-likeness (QED) is 0.830. The van der Waals surface area contributed by atoms with Gasteiger partial charge < -0.3 is 9.64 Å². The molecule has 0 saturated carbocycles. The number of hydrogen-bond acceptors (Lipinski definition) is 5. The van der Waals surface area contributed by atoms with Crippen LogP contribution in [-0.4, -0.2) is 52.2 Å². The second kappa shape index (κ2) is 5.44. The lowest BCUT2D eigenvalue weighted by atomic mass is 10.4. The van der Waals surface area contributed by atoms with Gasteiger partial charge in [-0.05, 0) is 23.2 Å². The number of urea groups is 1. The third-order valence-electron chi connectivity index (χ3n) is 2.10. The predicted octanol–water partition coefficient (Wildman–Crippen LogP) is 1.04. The number of nitrogens with zero attached hydrogens (tertiary/aromatic N) is 4. The van der Waals surface area contributed by atoms with Gasteiger partial charge in [0.2, 0.25) is 16.5 Å².